The van der Waals surface area contributed by atoms with Gasteiger partial charge in [-0.25, -0.2) is 0 Å². The van der Waals surface area contributed by atoms with Crippen molar-refractivity contribution in [2.45, 2.75) is 19.9 Å². The Labute approximate surface area is 93.1 Å². The molecule has 4 heteroatoms. The highest BCUT2D eigenvalue weighted by atomic mass is 16.4. The predicted molar refractivity (Wildman–Crippen MR) is 58.9 cm³/mol. The van der Waals surface area contributed by atoms with Crippen molar-refractivity contribution < 1.29 is 14.6 Å². The Balaban J connectivity index is 2.38. The van der Waals surface area contributed by atoms with Gasteiger partial charge < -0.3 is 5.11 Å². The average Bonchev–Trinajstić information content (AvgIpc) is 2.26. The minimum absolute atomic E-state index is 0.0927. The predicted octanol–water partition coefficient (Wildman–Crippen LogP) is 1.31. The summed E-state index contributed by atoms with van der Waals surface area (Å²) in [6, 6.07) is 7.84. The monoisotopic (exact) mass is 217 g/mol. The molecule has 0 saturated carbocycles. The zero-order valence-electron chi connectivity index (χ0n) is 9.05. The molecule has 0 amide bonds. The Kier molecular flexibility index (Phi) is 2.81. The summed E-state index contributed by atoms with van der Waals surface area (Å²) in [6.07, 6.45) is 1.97. The number of benzene rings is 1. The van der Waals surface area contributed by atoms with Crippen LogP contribution in [0.1, 0.15) is 12.0 Å². The second kappa shape index (κ2) is 4.26. The lowest BCUT2D eigenvalue weighted by Gasteiger charge is -1.99. The van der Waals surface area contributed by atoms with Crippen LogP contribution in [-0.2, 0) is 11.3 Å². The fourth-order valence-electron chi connectivity index (χ4n) is 1.68. The standard InChI is InChI=1S/C12H12N2O2/c1-9-8-14(7-6-12(15)16)13-11-5-3-2-4-10(9)11/h2-5,8H,6-7H2,1H3/p+1. The summed E-state index contributed by atoms with van der Waals surface area (Å²) in [7, 11) is 0. The number of rotatable bonds is 3. The molecule has 82 valence electrons. The number of carboxylic acid groups (broad SMARTS) is 1. The molecule has 1 aromatic carbocycles. The van der Waals surface area contributed by atoms with Crippen LogP contribution in [0.15, 0.2) is 30.5 Å². The van der Waals surface area contributed by atoms with Crippen LogP contribution in [0.5, 0.6) is 0 Å². The topological polar surface area (TPSA) is 54.1 Å². The zero-order valence-corrected chi connectivity index (χ0v) is 9.05. The highest BCUT2D eigenvalue weighted by molar-refractivity contribution is 5.80. The maximum absolute atomic E-state index is 10.5. The molecule has 0 bridgehead atoms. The molecule has 2 rings (SSSR count). The summed E-state index contributed by atoms with van der Waals surface area (Å²) in [5.74, 6) is -0.805. The number of fused-ring (bicyclic) bond motifs is 1. The van der Waals surface area contributed by atoms with Crippen LogP contribution in [-0.4, -0.2) is 16.2 Å². The maximum Gasteiger partial charge on any atom is 0.309 e. The van der Waals surface area contributed by atoms with Crippen LogP contribution < -0.4 is 4.68 Å². The lowest BCUT2D eigenvalue weighted by Crippen LogP contribution is -2.39. The van der Waals surface area contributed by atoms with Gasteiger partial charge in [-0.2, -0.15) is 0 Å². The molecule has 0 aliphatic carbocycles. The lowest BCUT2D eigenvalue weighted by molar-refractivity contribution is -0.751. The molecule has 0 atom stereocenters. The van der Waals surface area contributed by atoms with Gasteiger partial charge in [0.05, 0.1) is 0 Å². The largest absolute Gasteiger partial charge is 0.481 e. The SMILES string of the molecule is Cc1c[n+](CCC(=O)O)nc2ccccc12. The normalized spacial score (nSPS) is 10.6. The van der Waals surface area contributed by atoms with Crippen LogP contribution >= 0.6 is 0 Å². The minimum atomic E-state index is -0.805. The van der Waals surface area contributed by atoms with E-state index in [4.69, 9.17) is 5.11 Å². The molecule has 2 aromatic rings. The van der Waals surface area contributed by atoms with Gasteiger partial charge in [0.1, 0.15) is 11.9 Å². The van der Waals surface area contributed by atoms with Crippen LogP contribution in [0.2, 0.25) is 0 Å². The Hall–Kier alpha value is -1.97. The summed E-state index contributed by atoms with van der Waals surface area (Å²) < 4.78 is 1.69. The van der Waals surface area contributed by atoms with Crippen molar-refractivity contribution in [3.63, 3.8) is 0 Å². The minimum Gasteiger partial charge on any atom is -0.481 e. The number of aliphatic carboxylic acids is 1. The van der Waals surface area contributed by atoms with Gasteiger partial charge >= 0.3 is 5.97 Å². The molecular weight excluding hydrogens is 204 g/mol. The van der Waals surface area contributed by atoms with Gasteiger partial charge in [0.15, 0.2) is 12.7 Å². The van der Waals surface area contributed by atoms with E-state index in [1.165, 1.54) is 0 Å². The van der Waals surface area contributed by atoms with Crippen LogP contribution in [0.25, 0.3) is 10.9 Å². The summed E-state index contributed by atoms with van der Waals surface area (Å²) in [4.78, 5) is 10.5. The quantitative estimate of drug-likeness (QED) is 0.788. The fraction of sp³-hybridized carbons (Fsp3) is 0.250. The summed E-state index contributed by atoms with van der Waals surface area (Å²) >= 11 is 0. The molecule has 4 nitrogen and oxygen atoms in total. The number of hydrogen-bond acceptors (Lipinski definition) is 2. The van der Waals surface area contributed by atoms with Crippen molar-refractivity contribution >= 4 is 16.9 Å². The molecule has 16 heavy (non-hydrogen) atoms. The Bertz CT molecular complexity index is 538. The summed E-state index contributed by atoms with van der Waals surface area (Å²) in [5.41, 5.74) is 2.00. The molecule has 1 aromatic heterocycles. The van der Waals surface area contributed by atoms with Crippen molar-refractivity contribution in [3.05, 3.63) is 36.0 Å². The van der Waals surface area contributed by atoms with Gasteiger partial charge in [0, 0.05) is 16.0 Å². The molecule has 0 aliphatic rings. The van der Waals surface area contributed by atoms with Gasteiger partial charge in [-0.15, -0.1) is 0 Å². The highest BCUT2D eigenvalue weighted by Gasteiger charge is 2.10. The van der Waals surface area contributed by atoms with E-state index in [1.54, 1.807) is 4.68 Å². The first-order valence-corrected chi connectivity index (χ1v) is 5.15. The molecule has 0 radical (unpaired) electrons. The van der Waals surface area contributed by atoms with Crippen molar-refractivity contribution in [1.82, 2.24) is 5.10 Å². The van der Waals surface area contributed by atoms with Crippen LogP contribution in [0.3, 0.4) is 0 Å². The third-order valence-electron chi connectivity index (χ3n) is 2.46. The molecule has 1 heterocycles. The van der Waals surface area contributed by atoms with Crippen LogP contribution in [0, 0.1) is 6.92 Å². The first kappa shape index (κ1) is 10.5. The number of carboxylic acids is 1. The number of aromatic nitrogens is 2. The van der Waals surface area contributed by atoms with E-state index in [2.05, 4.69) is 5.10 Å². The number of nitrogens with zero attached hydrogens (tertiary/aromatic N) is 2. The Morgan fingerprint density at radius 3 is 2.94 bits per heavy atom. The van der Waals surface area contributed by atoms with Crippen molar-refractivity contribution in [1.29, 1.82) is 0 Å². The molecule has 0 spiro atoms. The van der Waals surface area contributed by atoms with Gasteiger partial charge in [-0.05, 0) is 13.0 Å². The highest BCUT2D eigenvalue weighted by Crippen LogP contribution is 2.12. The second-order valence-electron chi connectivity index (χ2n) is 3.74. The van der Waals surface area contributed by atoms with E-state index in [1.807, 2.05) is 37.4 Å². The molecule has 0 unspecified atom stereocenters. The molecule has 0 fully saturated rings. The molecule has 0 aliphatic heterocycles. The zero-order chi connectivity index (χ0) is 11.5. The van der Waals surface area contributed by atoms with E-state index < -0.39 is 5.97 Å². The number of carbonyl (C=O) groups is 1. The van der Waals surface area contributed by atoms with Crippen LogP contribution in [0.4, 0.5) is 0 Å². The van der Waals surface area contributed by atoms with Gasteiger partial charge in [0.2, 0.25) is 0 Å². The smallest absolute Gasteiger partial charge is 0.309 e. The molecular formula is C12H13N2O2+. The first-order chi connectivity index (χ1) is 7.66. The number of aryl methyl sites for hydroxylation is 2. The van der Waals surface area contributed by atoms with E-state index in [0.29, 0.717) is 6.54 Å². The summed E-state index contributed by atoms with van der Waals surface area (Å²) in [5, 5.41) is 14.1. The van der Waals surface area contributed by atoms with E-state index in [9.17, 15) is 4.79 Å². The lowest BCUT2D eigenvalue weighted by atomic mass is 10.1. The van der Waals surface area contributed by atoms with E-state index in [0.717, 1.165) is 16.5 Å². The van der Waals surface area contributed by atoms with E-state index >= 15 is 0 Å². The Morgan fingerprint density at radius 2 is 2.19 bits per heavy atom. The second-order valence-corrected chi connectivity index (χ2v) is 3.74. The maximum atomic E-state index is 10.5. The van der Waals surface area contributed by atoms with Gasteiger partial charge in [0.25, 0.3) is 0 Å². The van der Waals surface area contributed by atoms with Gasteiger partial charge in [-0.1, -0.05) is 22.9 Å². The Morgan fingerprint density at radius 1 is 1.44 bits per heavy atom. The fourth-order valence-corrected chi connectivity index (χ4v) is 1.68. The van der Waals surface area contributed by atoms with Crippen molar-refractivity contribution in [3.8, 4) is 0 Å². The van der Waals surface area contributed by atoms with Crippen molar-refractivity contribution in [2.75, 3.05) is 0 Å². The third kappa shape index (κ3) is 2.16. The molecule has 1 N–H and O–H groups in total. The van der Waals surface area contributed by atoms with E-state index in [-0.39, 0.29) is 6.42 Å². The van der Waals surface area contributed by atoms with Gasteiger partial charge in [-0.3, -0.25) is 4.79 Å². The molecule has 0 saturated heterocycles. The third-order valence-corrected chi connectivity index (χ3v) is 2.46. The summed E-state index contributed by atoms with van der Waals surface area (Å²) in [6.45, 7) is 2.41. The number of hydrogen-bond donors (Lipinski definition) is 1. The van der Waals surface area contributed by atoms with Crippen molar-refractivity contribution in [2.24, 2.45) is 0 Å². The average molecular weight is 217 g/mol. The first-order valence-electron chi connectivity index (χ1n) is 5.15.